The fraction of sp³-hybridized carbons (Fsp3) is 0.583. The van der Waals surface area contributed by atoms with Crippen LogP contribution in [0.25, 0.3) is 0 Å². The van der Waals surface area contributed by atoms with E-state index in [1.165, 1.54) is 12.5 Å². The predicted octanol–water partition coefficient (Wildman–Crippen LogP) is 0.949. The van der Waals surface area contributed by atoms with E-state index in [9.17, 15) is 13.2 Å². The normalized spacial score (nSPS) is 26.1. The van der Waals surface area contributed by atoms with Crippen LogP contribution in [0.5, 0.6) is 0 Å². The molecule has 5 nitrogen and oxygen atoms in total. The van der Waals surface area contributed by atoms with E-state index < -0.39 is 10.0 Å². The maximum absolute atomic E-state index is 12.2. The summed E-state index contributed by atoms with van der Waals surface area (Å²) < 4.78 is 22.5. The van der Waals surface area contributed by atoms with Crippen LogP contribution in [0.15, 0.2) is 16.3 Å². The van der Waals surface area contributed by atoms with Crippen LogP contribution in [0.2, 0.25) is 0 Å². The first kappa shape index (κ1) is 13.1. The molecule has 3 rings (SSSR count). The average molecular weight is 300 g/mol. The molecule has 19 heavy (non-hydrogen) atoms. The fourth-order valence-corrected chi connectivity index (χ4v) is 4.86. The van der Waals surface area contributed by atoms with Gasteiger partial charge < -0.3 is 4.90 Å². The van der Waals surface area contributed by atoms with Gasteiger partial charge in [0.05, 0.1) is 6.42 Å². The molecule has 1 aliphatic carbocycles. The molecule has 1 saturated carbocycles. The van der Waals surface area contributed by atoms with Crippen molar-refractivity contribution in [3.8, 4) is 0 Å². The molecule has 1 aromatic rings. The van der Waals surface area contributed by atoms with Crippen LogP contribution in [0.3, 0.4) is 0 Å². The molecule has 2 heterocycles. The summed E-state index contributed by atoms with van der Waals surface area (Å²) in [4.78, 5) is 14.9. The zero-order valence-corrected chi connectivity index (χ0v) is 12.0. The number of fused-ring (bicyclic) bond motifs is 2. The third kappa shape index (κ3) is 2.54. The van der Waals surface area contributed by atoms with E-state index in [0.717, 1.165) is 35.6 Å². The summed E-state index contributed by atoms with van der Waals surface area (Å²) in [6.07, 6.45) is 3.77. The van der Waals surface area contributed by atoms with E-state index in [0.29, 0.717) is 12.0 Å². The largest absolute Gasteiger partial charge is 0.339 e. The summed E-state index contributed by atoms with van der Waals surface area (Å²) >= 11 is 1.09. The third-order valence-corrected chi connectivity index (χ3v) is 6.50. The molecule has 104 valence electrons. The van der Waals surface area contributed by atoms with E-state index >= 15 is 0 Å². The lowest BCUT2D eigenvalue weighted by Gasteiger charge is -2.26. The monoisotopic (exact) mass is 300 g/mol. The van der Waals surface area contributed by atoms with Gasteiger partial charge in [-0.2, -0.15) is 0 Å². The van der Waals surface area contributed by atoms with E-state index in [-0.39, 0.29) is 16.5 Å². The highest BCUT2D eigenvalue weighted by Crippen LogP contribution is 2.37. The molecule has 1 aliphatic heterocycles. The second-order valence-corrected chi connectivity index (χ2v) is 8.28. The van der Waals surface area contributed by atoms with E-state index in [1.807, 2.05) is 4.90 Å². The van der Waals surface area contributed by atoms with E-state index in [2.05, 4.69) is 0 Å². The van der Waals surface area contributed by atoms with Gasteiger partial charge in [-0.3, -0.25) is 4.79 Å². The maximum atomic E-state index is 12.2. The minimum Gasteiger partial charge on any atom is -0.339 e. The van der Waals surface area contributed by atoms with Gasteiger partial charge >= 0.3 is 0 Å². The Morgan fingerprint density at radius 3 is 2.74 bits per heavy atom. The molecule has 2 aliphatic rings. The van der Waals surface area contributed by atoms with E-state index in [1.54, 1.807) is 6.07 Å². The van der Waals surface area contributed by atoms with Crippen LogP contribution in [0.1, 0.15) is 24.1 Å². The molecule has 0 radical (unpaired) electrons. The first-order valence-electron chi connectivity index (χ1n) is 6.34. The second kappa shape index (κ2) is 4.57. The number of thiophene rings is 1. The summed E-state index contributed by atoms with van der Waals surface area (Å²) in [6.45, 7) is 0.872. The Labute approximate surface area is 116 Å². The number of carbonyl (C=O) groups excluding carboxylic acids is 1. The number of sulfonamides is 1. The molecule has 1 saturated heterocycles. The highest BCUT2D eigenvalue weighted by atomic mass is 32.2. The molecule has 2 fully saturated rings. The van der Waals surface area contributed by atoms with Crippen LogP contribution in [-0.2, 0) is 21.2 Å². The lowest BCUT2D eigenvalue weighted by molar-refractivity contribution is -0.132. The summed E-state index contributed by atoms with van der Waals surface area (Å²) in [5.74, 6) is 0.785. The highest BCUT2D eigenvalue weighted by molar-refractivity contribution is 7.91. The number of primary sulfonamides is 1. The topological polar surface area (TPSA) is 80.5 Å². The smallest absolute Gasteiger partial charge is 0.247 e. The molecule has 0 spiro atoms. The van der Waals surface area contributed by atoms with E-state index in [4.69, 9.17) is 5.14 Å². The van der Waals surface area contributed by atoms with Gasteiger partial charge in [0.1, 0.15) is 4.21 Å². The minimum absolute atomic E-state index is 0.106. The summed E-state index contributed by atoms with van der Waals surface area (Å²) in [5, 5.41) is 5.06. The van der Waals surface area contributed by atoms with Crippen molar-refractivity contribution in [2.75, 3.05) is 6.54 Å². The van der Waals surface area contributed by atoms with Gasteiger partial charge in [-0.25, -0.2) is 13.6 Å². The lowest BCUT2D eigenvalue weighted by atomic mass is 10.1. The Bertz CT molecular complexity index is 608. The standard InChI is InChI=1S/C12H16N2O3S2/c13-19(16,17)12-4-3-10(18-12)6-11(15)14-7-8-1-2-9(14)5-8/h3-4,8-9H,1-2,5-7H2,(H2,13,16,17)/t8-,9-/m0/s1. The van der Waals surface area contributed by atoms with Crippen LogP contribution >= 0.6 is 11.3 Å². The molecule has 2 bridgehead atoms. The van der Waals surface area contributed by atoms with Gasteiger partial charge in [-0.1, -0.05) is 0 Å². The van der Waals surface area contributed by atoms with Crippen molar-refractivity contribution in [2.24, 2.45) is 11.1 Å². The van der Waals surface area contributed by atoms with Gasteiger partial charge in [0.25, 0.3) is 0 Å². The Kier molecular flexibility index (Phi) is 3.15. The van der Waals surface area contributed by atoms with Crippen LogP contribution < -0.4 is 5.14 Å². The number of nitrogens with zero attached hydrogens (tertiary/aromatic N) is 1. The van der Waals surface area contributed by atoms with Crippen molar-refractivity contribution in [2.45, 2.75) is 35.9 Å². The molecule has 7 heteroatoms. The van der Waals surface area contributed by atoms with Crippen molar-refractivity contribution in [3.63, 3.8) is 0 Å². The number of hydrogen-bond donors (Lipinski definition) is 1. The Morgan fingerprint density at radius 2 is 2.21 bits per heavy atom. The summed E-state index contributed by atoms with van der Waals surface area (Å²) in [6, 6.07) is 3.56. The van der Waals surface area contributed by atoms with Crippen molar-refractivity contribution in [3.05, 3.63) is 17.0 Å². The van der Waals surface area contributed by atoms with Gasteiger partial charge in [-0.15, -0.1) is 11.3 Å². The van der Waals surface area contributed by atoms with Crippen molar-refractivity contribution < 1.29 is 13.2 Å². The summed E-state index contributed by atoms with van der Waals surface area (Å²) in [5.41, 5.74) is 0. The van der Waals surface area contributed by atoms with Gasteiger partial charge in [0, 0.05) is 17.5 Å². The zero-order valence-electron chi connectivity index (χ0n) is 10.4. The van der Waals surface area contributed by atoms with Crippen molar-refractivity contribution >= 4 is 27.3 Å². The Balaban J connectivity index is 1.68. The fourth-order valence-electron chi connectivity index (χ4n) is 3.09. The Hall–Kier alpha value is -0.920. The third-order valence-electron chi connectivity index (χ3n) is 3.97. The quantitative estimate of drug-likeness (QED) is 0.902. The lowest BCUT2D eigenvalue weighted by Crippen LogP contribution is -2.38. The minimum atomic E-state index is -3.65. The molecule has 2 atom stereocenters. The zero-order chi connectivity index (χ0) is 13.6. The van der Waals surface area contributed by atoms with Gasteiger partial charge in [0.15, 0.2) is 0 Å². The highest BCUT2D eigenvalue weighted by Gasteiger charge is 2.39. The number of hydrogen-bond acceptors (Lipinski definition) is 4. The van der Waals surface area contributed by atoms with Crippen LogP contribution in [0.4, 0.5) is 0 Å². The van der Waals surface area contributed by atoms with Crippen molar-refractivity contribution in [1.82, 2.24) is 4.90 Å². The first-order chi connectivity index (χ1) is 8.93. The van der Waals surface area contributed by atoms with Crippen LogP contribution in [0, 0.1) is 5.92 Å². The van der Waals surface area contributed by atoms with Crippen molar-refractivity contribution in [1.29, 1.82) is 0 Å². The van der Waals surface area contributed by atoms with Crippen LogP contribution in [-0.4, -0.2) is 31.8 Å². The number of piperidine rings is 1. The first-order valence-corrected chi connectivity index (χ1v) is 8.71. The molecular formula is C12H16N2O3S2. The average Bonchev–Trinajstić information content (AvgIpc) is 3.02. The number of amides is 1. The van der Waals surface area contributed by atoms with Gasteiger partial charge in [-0.05, 0) is 37.3 Å². The molecular weight excluding hydrogens is 284 g/mol. The second-order valence-electron chi connectivity index (χ2n) is 5.32. The number of nitrogens with two attached hydrogens (primary N) is 1. The molecule has 1 aromatic heterocycles. The summed E-state index contributed by atoms with van der Waals surface area (Å²) in [7, 11) is -3.65. The SMILES string of the molecule is NS(=O)(=O)c1ccc(CC(=O)N2C[C@H]3CC[C@H]2C3)s1. The predicted molar refractivity (Wildman–Crippen MR) is 72.2 cm³/mol. The maximum Gasteiger partial charge on any atom is 0.247 e. The molecule has 1 amide bonds. The number of likely N-dealkylation sites (tertiary alicyclic amines) is 1. The number of carbonyl (C=O) groups is 1. The number of rotatable bonds is 3. The molecule has 2 N–H and O–H groups in total. The molecule has 0 aromatic carbocycles. The molecule has 0 unspecified atom stereocenters. The Morgan fingerprint density at radius 1 is 1.42 bits per heavy atom. The van der Waals surface area contributed by atoms with Gasteiger partial charge in [0.2, 0.25) is 15.9 Å².